The van der Waals surface area contributed by atoms with E-state index in [1.165, 1.54) is 13.1 Å². The Morgan fingerprint density at radius 3 is 2.26 bits per heavy atom. The highest BCUT2D eigenvalue weighted by Crippen LogP contribution is 2.12. The Hall–Kier alpha value is -3.01. The van der Waals surface area contributed by atoms with Crippen molar-refractivity contribution in [2.45, 2.75) is 6.92 Å². The van der Waals surface area contributed by atoms with Crippen LogP contribution in [0.5, 0.6) is 0 Å². The molecule has 1 aliphatic rings. The first kappa shape index (κ1) is 16.4. The Morgan fingerprint density at radius 1 is 1.17 bits per heavy atom. The molecule has 120 valence electrons. The summed E-state index contributed by atoms with van der Waals surface area (Å²) >= 11 is 0. The van der Waals surface area contributed by atoms with Crippen LogP contribution in [0.4, 0.5) is 11.4 Å². The molecule has 0 saturated carbocycles. The van der Waals surface area contributed by atoms with E-state index in [9.17, 15) is 14.9 Å². The van der Waals surface area contributed by atoms with Crippen molar-refractivity contribution in [3.63, 3.8) is 0 Å². The number of nitrogens with zero attached hydrogens (tertiary/aromatic N) is 3. The molecule has 1 heterocycles. The van der Waals surface area contributed by atoms with Gasteiger partial charge in [0.05, 0.1) is 0 Å². The monoisotopic (exact) mass is 313 g/mol. The predicted octanol–water partition coefficient (Wildman–Crippen LogP) is 0.779. The van der Waals surface area contributed by atoms with E-state index in [1.54, 1.807) is 34.1 Å². The molecule has 0 atom stereocenters. The van der Waals surface area contributed by atoms with Crippen LogP contribution < -0.4 is 11.1 Å². The van der Waals surface area contributed by atoms with E-state index in [4.69, 9.17) is 5.73 Å². The smallest absolute Gasteiger partial charge is 0.266 e. The lowest BCUT2D eigenvalue weighted by molar-refractivity contribution is -0.136. The third kappa shape index (κ3) is 4.23. The number of piperazine rings is 1. The number of hydrogen-bond acceptors (Lipinski definition) is 5. The van der Waals surface area contributed by atoms with Gasteiger partial charge in [0.15, 0.2) is 0 Å². The lowest BCUT2D eigenvalue weighted by Crippen LogP contribution is -2.50. The number of hydrogen-bond donors (Lipinski definition) is 2. The molecule has 0 unspecified atom stereocenters. The minimum absolute atomic E-state index is 0.00170. The summed E-state index contributed by atoms with van der Waals surface area (Å²) in [5, 5.41) is 12.1. The molecule has 1 fully saturated rings. The predicted molar refractivity (Wildman–Crippen MR) is 87.0 cm³/mol. The van der Waals surface area contributed by atoms with Gasteiger partial charge in [0.1, 0.15) is 11.6 Å². The van der Waals surface area contributed by atoms with Crippen molar-refractivity contribution < 1.29 is 9.59 Å². The third-order valence-corrected chi connectivity index (χ3v) is 3.66. The first-order valence-corrected chi connectivity index (χ1v) is 7.28. The molecule has 0 bridgehead atoms. The average Bonchev–Trinajstić information content (AvgIpc) is 2.57. The largest absolute Gasteiger partial charge is 0.399 e. The second-order valence-electron chi connectivity index (χ2n) is 5.23. The fourth-order valence-corrected chi connectivity index (χ4v) is 2.27. The number of carbonyl (C=O) groups is 2. The SMILES string of the molecule is CC(=O)N1CCN(C(=O)/C(C#N)=C\Nc2ccc(N)cc2)CC1. The van der Waals surface area contributed by atoms with Gasteiger partial charge in [-0.1, -0.05) is 0 Å². The van der Waals surface area contributed by atoms with Crippen molar-refractivity contribution in [3.05, 3.63) is 36.0 Å². The van der Waals surface area contributed by atoms with Crippen LogP contribution in [-0.2, 0) is 9.59 Å². The number of rotatable bonds is 3. The lowest BCUT2D eigenvalue weighted by atomic mass is 10.2. The van der Waals surface area contributed by atoms with E-state index in [0.29, 0.717) is 31.9 Å². The molecular formula is C16H19N5O2. The molecule has 2 rings (SSSR count). The first-order valence-electron chi connectivity index (χ1n) is 7.28. The number of nitrogens with one attached hydrogen (secondary N) is 1. The molecule has 1 saturated heterocycles. The number of nitriles is 1. The van der Waals surface area contributed by atoms with Gasteiger partial charge in [-0.15, -0.1) is 0 Å². The molecule has 3 N–H and O–H groups in total. The van der Waals surface area contributed by atoms with Crippen LogP contribution in [0, 0.1) is 11.3 Å². The maximum Gasteiger partial charge on any atom is 0.266 e. The van der Waals surface area contributed by atoms with Gasteiger partial charge in [-0.2, -0.15) is 5.26 Å². The maximum atomic E-state index is 12.4. The highest BCUT2D eigenvalue weighted by atomic mass is 16.2. The molecule has 0 spiro atoms. The molecule has 0 radical (unpaired) electrons. The van der Waals surface area contributed by atoms with E-state index in [1.807, 2.05) is 6.07 Å². The lowest BCUT2D eigenvalue weighted by Gasteiger charge is -2.34. The number of amides is 2. The van der Waals surface area contributed by atoms with E-state index < -0.39 is 0 Å². The van der Waals surface area contributed by atoms with Gasteiger partial charge in [-0.05, 0) is 24.3 Å². The number of nitrogen functional groups attached to an aromatic ring is 1. The molecule has 7 nitrogen and oxygen atoms in total. The summed E-state index contributed by atoms with van der Waals surface area (Å²) in [5.74, 6) is -0.336. The molecule has 1 aromatic rings. The molecular weight excluding hydrogens is 294 g/mol. The van der Waals surface area contributed by atoms with Gasteiger partial charge in [0, 0.05) is 50.7 Å². The molecule has 1 aliphatic heterocycles. The van der Waals surface area contributed by atoms with Crippen LogP contribution in [0.1, 0.15) is 6.92 Å². The van der Waals surface area contributed by atoms with Gasteiger partial charge in [0.25, 0.3) is 5.91 Å². The summed E-state index contributed by atoms with van der Waals surface area (Å²) in [6, 6.07) is 8.89. The normalized spacial score (nSPS) is 15.0. The number of benzene rings is 1. The summed E-state index contributed by atoms with van der Waals surface area (Å²) in [5.41, 5.74) is 7.00. The van der Waals surface area contributed by atoms with E-state index in [-0.39, 0.29) is 17.4 Å². The van der Waals surface area contributed by atoms with Crippen LogP contribution in [0.15, 0.2) is 36.0 Å². The quantitative estimate of drug-likeness (QED) is 0.488. The van der Waals surface area contributed by atoms with Crippen molar-refractivity contribution in [3.8, 4) is 6.07 Å². The van der Waals surface area contributed by atoms with Crippen molar-refractivity contribution in [1.29, 1.82) is 5.26 Å². The topological polar surface area (TPSA) is 102 Å². The summed E-state index contributed by atoms with van der Waals surface area (Å²) in [6.07, 6.45) is 1.39. The first-order chi connectivity index (χ1) is 11.0. The Balaban J connectivity index is 1.99. The standard InChI is InChI=1S/C16H19N5O2/c1-12(22)20-6-8-21(9-7-20)16(23)13(10-17)11-19-15-4-2-14(18)3-5-15/h2-5,11,19H,6-9,18H2,1H3/b13-11-. The summed E-state index contributed by atoms with van der Waals surface area (Å²) in [4.78, 5) is 26.9. The molecule has 0 aliphatic carbocycles. The van der Waals surface area contributed by atoms with Crippen molar-refractivity contribution in [2.24, 2.45) is 0 Å². The van der Waals surface area contributed by atoms with E-state index >= 15 is 0 Å². The van der Waals surface area contributed by atoms with Crippen molar-refractivity contribution in [2.75, 3.05) is 37.2 Å². The van der Waals surface area contributed by atoms with Gasteiger partial charge in [-0.25, -0.2) is 0 Å². The minimum atomic E-state index is -0.335. The fraction of sp³-hybridized carbons (Fsp3) is 0.312. The number of anilines is 2. The molecule has 7 heteroatoms. The van der Waals surface area contributed by atoms with Crippen molar-refractivity contribution in [1.82, 2.24) is 9.80 Å². The fourth-order valence-electron chi connectivity index (χ4n) is 2.27. The zero-order chi connectivity index (χ0) is 16.8. The average molecular weight is 313 g/mol. The minimum Gasteiger partial charge on any atom is -0.399 e. The Labute approximate surface area is 135 Å². The van der Waals surface area contributed by atoms with Gasteiger partial charge < -0.3 is 20.9 Å². The van der Waals surface area contributed by atoms with Gasteiger partial charge in [0.2, 0.25) is 5.91 Å². The highest BCUT2D eigenvalue weighted by molar-refractivity contribution is 5.97. The number of nitrogens with two attached hydrogens (primary N) is 1. The Kier molecular flexibility index (Phi) is 5.20. The molecule has 1 aromatic carbocycles. The van der Waals surface area contributed by atoms with Crippen LogP contribution in [-0.4, -0.2) is 47.8 Å². The van der Waals surface area contributed by atoms with Gasteiger partial charge >= 0.3 is 0 Å². The second-order valence-corrected chi connectivity index (χ2v) is 5.23. The van der Waals surface area contributed by atoms with Crippen LogP contribution in [0.3, 0.4) is 0 Å². The molecule has 23 heavy (non-hydrogen) atoms. The van der Waals surface area contributed by atoms with E-state index in [0.717, 1.165) is 5.69 Å². The summed E-state index contributed by atoms with van der Waals surface area (Å²) in [6.45, 7) is 3.35. The Morgan fingerprint density at radius 2 is 1.74 bits per heavy atom. The zero-order valence-electron chi connectivity index (χ0n) is 13.0. The highest BCUT2D eigenvalue weighted by Gasteiger charge is 2.24. The Bertz CT molecular complexity index is 652. The van der Waals surface area contributed by atoms with Crippen LogP contribution >= 0.6 is 0 Å². The van der Waals surface area contributed by atoms with Crippen molar-refractivity contribution >= 4 is 23.2 Å². The van der Waals surface area contributed by atoms with Gasteiger partial charge in [-0.3, -0.25) is 9.59 Å². The summed E-state index contributed by atoms with van der Waals surface area (Å²) in [7, 11) is 0. The molecule has 0 aromatic heterocycles. The third-order valence-electron chi connectivity index (χ3n) is 3.66. The molecule has 2 amide bonds. The van der Waals surface area contributed by atoms with Crippen LogP contribution in [0.25, 0.3) is 0 Å². The zero-order valence-corrected chi connectivity index (χ0v) is 13.0. The second kappa shape index (κ2) is 7.31. The number of carbonyl (C=O) groups excluding carboxylic acids is 2. The van der Waals surface area contributed by atoms with E-state index in [2.05, 4.69) is 5.32 Å². The maximum absolute atomic E-state index is 12.4. The summed E-state index contributed by atoms with van der Waals surface area (Å²) < 4.78 is 0. The van der Waals surface area contributed by atoms with Crippen LogP contribution in [0.2, 0.25) is 0 Å².